The molecule has 0 aliphatic carbocycles. The zero-order chi connectivity index (χ0) is 15.5. The van der Waals surface area contributed by atoms with Crippen LogP contribution in [0.25, 0.3) is 0 Å². The average Bonchev–Trinajstić information content (AvgIpc) is 2.88. The first-order valence-electron chi connectivity index (χ1n) is 7.29. The van der Waals surface area contributed by atoms with Crippen molar-refractivity contribution in [3.8, 4) is 0 Å². The molecule has 0 bridgehead atoms. The van der Waals surface area contributed by atoms with E-state index in [0.717, 1.165) is 24.5 Å². The van der Waals surface area contributed by atoms with Gasteiger partial charge in [-0.2, -0.15) is 0 Å². The van der Waals surface area contributed by atoms with E-state index in [1.165, 1.54) is 4.90 Å². The molecule has 2 aliphatic heterocycles. The number of ether oxygens (including phenoxy) is 2. The van der Waals surface area contributed by atoms with Crippen LogP contribution in [0.1, 0.15) is 0 Å². The minimum absolute atomic E-state index is 0.0842. The SMILES string of the molecule is CN1C(=O)OCC1C(=O)Nc1ccccc1N1CCOCC1. The van der Waals surface area contributed by atoms with E-state index < -0.39 is 12.1 Å². The van der Waals surface area contributed by atoms with E-state index in [4.69, 9.17) is 9.47 Å². The maximum absolute atomic E-state index is 12.4. The van der Waals surface area contributed by atoms with Crippen molar-refractivity contribution in [1.82, 2.24) is 4.90 Å². The minimum atomic E-state index is -0.592. The van der Waals surface area contributed by atoms with Crippen molar-refractivity contribution >= 4 is 23.4 Å². The van der Waals surface area contributed by atoms with Crippen LogP contribution in [-0.2, 0) is 14.3 Å². The minimum Gasteiger partial charge on any atom is -0.447 e. The number of carbonyl (C=O) groups is 2. The molecule has 0 radical (unpaired) electrons. The molecular formula is C15H19N3O4. The van der Waals surface area contributed by atoms with Crippen molar-refractivity contribution in [2.45, 2.75) is 6.04 Å². The largest absolute Gasteiger partial charge is 0.447 e. The summed E-state index contributed by atoms with van der Waals surface area (Å²) in [7, 11) is 1.56. The molecule has 1 aromatic rings. The van der Waals surface area contributed by atoms with Crippen LogP contribution in [0.2, 0.25) is 0 Å². The van der Waals surface area contributed by atoms with Crippen LogP contribution in [0.5, 0.6) is 0 Å². The molecule has 0 spiro atoms. The normalized spacial score (nSPS) is 21.7. The number of cyclic esters (lactones) is 1. The zero-order valence-electron chi connectivity index (χ0n) is 12.4. The van der Waals surface area contributed by atoms with Gasteiger partial charge in [-0.1, -0.05) is 12.1 Å². The van der Waals surface area contributed by atoms with Gasteiger partial charge in [-0.15, -0.1) is 0 Å². The molecule has 0 aromatic heterocycles. The van der Waals surface area contributed by atoms with Gasteiger partial charge in [-0.25, -0.2) is 4.79 Å². The first-order chi connectivity index (χ1) is 10.7. The lowest BCUT2D eigenvalue weighted by atomic mass is 10.2. The van der Waals surface area contributed by atoms with Crippen LogP contribution in [0.4, 0.5) is 16.2 Å². The smallest absolute Gasteiger partial charge is 0.410 e. The van der Waals surface area contributed by atoms with Gasteiger partial charge in [0, 0.05) is 20.1 Å². The Hall–Kier alpha value is -2.28. The second-order valence-corrected chi connectivity index (χ2v) is 5.31. The number of amides is 2. The third-order valence-electron chi connectivity index (χ3n) is 3.94. The van der Waals surface area contributed by atoms with Crippen molar-refractivity contribution in [2.75, 3.05) is 50.2 Å². The quantitative estimate of drug-likeness (QED) is 0.899. The van der Waals surface area contributed by atoms with Gasteiger partial charge in [0.25, 0.3) is 5.91 Å². The molecule has 118 valence electrons. The van der Waals surface area contributed by atoms with Gasteiger partial charge in [0.1, 0.15) is 12.6 Å². The molecule has 22 heavy (non-hydrogen) atoms. The summed E-state index contributed by atoms with van der Waals surface area (Å²) in [6, 6.07) is 7.06. The average molecular weight is 305 g/mol. The molecule has 2 saturated heterocycles. The van der Waals surface area contributed by atoms with Gasteiger partial charge in [0.15, 0.2) is 0 Å². The number of likely N-dealkylation sites (N-methyl/N-ethyl adjacent to an activating group) is 1. The Balaban J connectivity index is 1.74. The lowest BCUT2D eigenvalue weighted by Crippen LogP contribution is -2.41. The van der Waals surface area contributed by atoms with Gasteiger partial charge in [0.2, 0.25) is 0 Å². The fourth-order valence-corrected chi connectivity index (χ4v) is 2.62. The van der Waals surface area contributed by atoms with E-state index in [2.05, 4.69) is 10.2 Å². The number of morpholine rings is 1. The lowest BCUT2D eigenvalue weighted by Gasteiger charge is -2.30. The van der Waals surface area contributed by atoms with Crippen molar-refractivity contribution in [3.63, 3.8) is 0 Å². The molecule has 2 aliphatic rings. The Morgan fingerprint density at radius 3 is 2.68 bits per heavy atom. The lowest BCUT2D eigenvalue weighted by molar-refractivity contribution is -0.119. The van der Waals surface area contributed by atoms with Crippen molar-refractivity contribution in [2.24, 2.45) is 0 Å². The molecule has 3 rings (SSSR count). The van der Waals surface area contributed by atoms with Gasteiger partial charge >= 0.3 is 6.09 Å². The van der Waals surface area contributed by atoms with Gasteiger partial charge < -0.3 is 19.7 Å². The Kier molecular flexibility index (Phi) is 4.15. The summed E-state index contributed by atoms with van der Waals surface area (Å²) in [6.45, 7) is 3.02. The Labute approximate surface area is 128 Å². The number of hydrogen-bond acceptors (Lipinski definition) is 5. The molecule has 7 heteroatoms. The van der Waals surface area contributed by atoms with Crippen molar-refractivity contribution in [1.29, 1.82) is 0 Å². The molecule has 2 heterocycles. The zero-order valence-corrected chi connectivity index (χ0v) is 12.4. The highest BCUT2D eigenvalue weighted by Gasteiger charge is 2.35. The summed E-state index contributed by atoms with van der Waals surface area (Å²) >= 11 is 0. The van der Waals surface area contributed by atoms with Crippen molar-refractivity contribution in [3.05, 3.63) is 24.3 Å². The fourth-order valence-electron chi connectivity index (χ4n) is 2.62. The Bertz CT molecular complexity index is 572. The highest BCUT2D eigenvalue weighted by Crippen LogP contribution is 2.27. The second-order valence-electron chi connectivity index (χ2n) is 5.31. The van der Waals surface area contributed by atoms with E-state index in [-0.39, 0.29) is 12.5 Å². The van der Waals surface area contributed by atoms with E-state index >= 15 is 0 Å². The molecule has 1 unspecified atom stereocenters. The van der Waals surface area contributed by atoms with Crippen molar-refractivity contribution < 1.29 is 19.1 Å². The maximum Gasteiger partial charge on any atom is 0.410 e. The number of rotatable bonds is 3. The summed E-state index contributed by atoms with van der Waals surface area (Å²) in [5, 5.41) is 2.91. The van der Waals surface area contributed by atoms with Crippen LogP contribution in [0.15, 0.2) is 24.3 Å². The number of hydrogen-bond donors (Lipinski definition) is 1. The number of nitrogens with zero attached hydrogens (tertiary/aromatic N) is 2. The highest BCUT2D eigenvalue weighted by molar-refractivity contribution is 6.00. The van der Waals surface area contributed by atoms with Crippen LogP contribution >= 0.6 is 0 Å². The van der Waals surface area contributed by atoms with E-state index in [9.17, 15) is 9.59 Å². The first-order valence-corrected chi connectivity index (χ1v) is 7.29. The molecule has 7 nitrogen and oxygen atoms in total. The molecule has 1 atom stereocenters. The summed E-state index contributed by atoms with van der Waals surface area (Å²) in [5.74, 6) is -0.242. The topological polar surface area (TPSA) is 71.1 Å². The monoisotopic (exact) mass is 305 g/mol. The molecule has 1 N–H and O–H groups in total. The number of anilines is 2. The predicted molar refractivity (Wildman–Crippen MR) is 81.0 cm³/mol. The third-order valence-corrected chi connectivity index (χ3v) is 3.94. The van der Waals surface area contributed by atoms with E-state index in [1.807, 2.05) is 24.3 Å². The van der Waals surface area contributed by atoms with Gasteiger partial charge in [-0.3, -0.25) is 9.69 Å². The fraction of sp³-hybridized carbons (Fsp3) is 0.467. The summed E-state index contributed by atoms with van der Waals surface area (Å²) in [6.07, 6.45) is -0.471. The number of benzene rings is 1. The summed E-state index contributed by atoms with van der Waals surface area (Å²) in [5.41, 5.74) is 1.70. The third kappa shape index (κ3) is 2.85. The molecule has 2 amide bonds. The molecule has 2 fully saturated rings. The number of para-hydroxylation sites is 2. The summed E-state index contributed by atoms with van der Waals surface area (Å²) < 4.78 is 10.2. The standard InChI is InChI=1S/C15H19N3O4/c1-17-13(10-22-15(17)20)14(19)16-11-4-2-3-5-12(11)18-6-8-21-9-7-18/h2-5,13H,6-10H2,1H3,(H,16,19). The van der Waals surface area contributed by atoms with Crippen LogP contribution < -0.4 is 10.2 Å². The van der Waals surface area contributed by atoms with Crippen LogP contribution in [0, 0.1) is 0 Å². The van der Waals surface area contributed by atoms with E-state index in [0.29, 0.717) is 13.2 Å². The van der Waals surface area contributed by atoms with Gasteiger partial charge in [0.05, 0.1) is 24.6 Å². The second kappa shape index (κ2) is 6.23. The Morgan fingerprint density at radius 2 is 2.00 bits per heavy atom. The first kappa shape index (κ1) is 14.6. The van der Waals surface area contributed by atoms with Gasteiger partial charge in [-0.05, 0) is 12.1 Å². The molecule has 0 saturated carbocycles. The highest BCUT2D eigenvalue weighted by atomic mass is 16.6. The molecule has 1 aromatic carbocycles. The predicted octanol–water partition coefficient (Wildman–Crippen LogP) is 0.912. The van der Waals surface area contributed by atoms with Crippen LogP contribution in [-0.4, -0.2) is 62.9 Å². The van der Waals surface area contributed by atoms with Crippen LogP contribution in [0.3, 0.4) is 0 Å². The number of nitrogens with one attached hydrogen (secondary N) is 1. The molecular weight excluding hydrogens is 286 g/mol. The summed E-state index contributed by atoms with van der Waals surface area (Å²) in [4.78, 5) is 27.2. The Morgan fingerprint density at radius 1 is 1.27 bits per heavy atom. The number of carbonyl (C=O) groups excluding carboxylic acids is 2. The van der Waals surface area contributed by atoms with E-state index in [1.54, 1.807) is 7.05 Å². The maximum atomic E-state index is 12.4.